The zero-order chi connectivity index (χ0) is 21.4. The minimum atomic E-state index is -1.08. The number of ether oxygens (including phenoxy) is 2. The normalized spacial score (nSPS) is 12.2. The Morgan fingerprint density at radius 2 is 1.83 bits per heavy atom. The summed E-state index contributed by atoms with van der Waals surface area (Å²) in [5, 5.41) is 11.7. The fourth-order valence-electron chi connectivity index (χ4n) is 2.52. The van der Waals surface area contributed by atoms with E-state index >= 15 is 0 Å². The van der Waals surface area contributed by atoms with Gasteiger partial charge < -0.3 is 31.4 Å². The molecular weight excluding hydrogens is 376 g/mol. The minimum Gasteiger partial charge on any atom is -0.497 e. The van der Waals surface area contributed by atoms with Gasteiger partial charge in [-0.3, -0.25) is 9.59 Å². The molecule has 0 aliphatic heterocycles. The van der Waals surface area contributed by atoms with Gasteiger partial charge in [-0.25, -0.2) is 0 Å². The number of rotatable bonds is 8. The molecule has 0 heterocycles. The molecule has 2 aromatic rings. The number of benzene rings is 2. The standard InChI is InChI=1S/C20H24N4O5/c1-28-15-8-7-14(17(10-15)29-2)11-23-20(22)24-18(25)13-5-3-12(4-6-13)9-16(21)19(26)27/h3-8,10,16H,9,11,21H2,1-2H3,(H,26,27)(H3,22,23,24,25)/t16-/m0/s1. The molecule has 1 atom stereocenters. The molecule has 0 saturated carbocycles. The van der Waals surface area contributed by atoms with Gasteiger partial charge in [0, 0.05) is 23.7 Å². The molecule has 6 N–H and O–H groups in total. The molecule has 1 amide bonds. The van der Waals surface area contributed by atoms with Crippen molar-refractivity contribution < 1.29 is 24.2 Å². The summed E-state index contributed by atoms with van der Waals surface area (Å²) in [7, 11) is 3.11. The van der Waals surface area contributed by atoms with Crippen molar-refractivity contribution in [3.8, 4) is 11.5 Å². The van der Waals surface area contributed by atoms with Crippen LogP contribution in [-0.2, 0) is 17.8 Å². The van der Waals surface area contributed by atoms with Crippen molar-refractivity contribution in [2.75, 3.05) is 14.2 Å². The molecule has 0 aliphatic rings. The van der Waals surface area contributed by atoms with Crippen molar-refractivity contribution in [1.82, 2.24) is 5.32 Å². The molecule has 0 saturated heterocycles. The van der Waals surface area contributed by atoms with Crippen molar-refractivity contribution in [3.05, 3.63) is 59.2 Å². The third-order valence-corrected chi connectivity index (χ3v) is 4.15. The molecule has 0 unspecified atom stereocenters. The van der Waals surface area contributed by atoms with E-state index in [1.165, 1.54) is 0 Å². The lowest BCUT2D eigenvalue weighted by atomic mass is 10.0. The van der Waals surface area contributed by atoms with Crippen LogP contribution in [0.15, 0.2) is 47.5 Å². The molecule has 9 heteroatoms. The lowest BCUT2D eigenvalue weighted by Crippen LogP contribution is -2.32. The van der Waals surface area contributed by atoms with E-state index in [-0.39, 0.29) is 12.4 Å². The average molecular weight is 400 g/mol. The Labute approximate surface area is 168 Å². The molecular formula is C20H24N4O5. The van der Waals surface area contributed by atoms with Gasteiger partial charge >= 0.3 is 5.97 Å². The van der Waals surface area contributed by atoms with Gasteiger partial charge in [0.2, 0.25) is 0 Å². The number of carboxylic acids is 1. The van der Waals surface area contributed by atoms with Gasteiger partial charge in [0.05, 0.1) is 14.2 Å². The lowest BCUT2D eigenvalue weighted by Gasteiger charge is -2.11. The number of hydrogen-bond donors (Lipinski definition) is 4. The van der Waals surface area contributed by atoms with Crippen LogP contribution in [0.2, 0.25) is 0 Å². The molecule has 0 aliphatic carbocycles. The number of guanidine groups is 1. The van der Waals surface area contributed by atoms with E-state index in [2.05, 4.69) is 10.3 Å². The lowest BCUT2D eigenvalue weighted by molar-refractivity contribution is -0.138. The van der Waals surface area contributed by atoms with Crippen molar-refractivity contribution in [1.29, 1.82) is 0 Å². The summed E-state index contributed by atoms with van der Waals surface area (Å²) in [6, 6.07) is 10.7. The summed E-state index contributed by atoms with van der Waals surface area (Å²) in [6.45, 7) is 0.307. The molecule has 2 rings (SSSR count). The largest absolute Gasteiger partial charge is 0.497 e. The second kappa shape index (κ2) is 10.1. The smallest absolute Gasteiger partial charge is 0.320 e. The van der Waals surface area contributed by atoms with Gasteiger partial charge in [-0.15, -0.1) is 0 Å². The van der Waals surface area contributed by atoms with E-state index < -0.39 is 17.9 Å². The van der Waals surface area contributed by atoms with Crippen LogP contribution < -0.4 is 26.3 Å². The highest BCUT2D eigenvalue weighted by atomic mass is 16.5. The summed E-state index contributed by atoms with van der Waals surface area (Å²) in [4.78, 5) is 26.9. The summed E-state index contributed by atoms with van der Waals surface area (Å²) < 4.78 is 10.5. The Morgan fingerprint density at radius 3 is 2.41 bits per heavy atom. The van der Waals surface area contributed by atoms with Gasteiger partial charge in [-0.1, -0.05) is 12.1 Å². The predicted molar refractivity (Wildman–Crippen MR) is 108 cm³/mol. The van der Waals surface area contributed by atoms with Crippen molar-refractivity contribution in [2.24, 2.45) is 16.5 Å². The molecule has 0 spiro atoms. The van der Waals surface area contributed by atoms with Crippen molar-refractivity contribution >= 4 is 17.8 Å². The second-order valence-electron chi connectivity index (χ2n) is 6.18. The molecule has 0 radical (unpaired) electrons. The molecule has 9 nitrogen and oxygen atoms in total. The number of aliphatic imine (C=N–C) groups is 1. The zero-order valence-electron chi connectivity index (χ0n) is 16.2. The van der Waals surface area contributed by atoms with Crippen LogP contribution >= 0.6 is 0 Å². The fraction of sp³-hybridized carbons (Fsp3) is 0.250. The number of nitrogens with two attached hydrogens (primary N) is 2. The monoisotopic (exact) mass is 400 g/mol. The average Bonchev–Trinajstić information content (AvgIpc) is 2.72. The number of carbonyl (C=O) groups excluding carboxylic acids is 1. The SMILES string of the molecule is COc1ccc(CN/C(N)=N/C(=O)c2ccc(C[C@H](N)C(=O)O)cc2)c(OC)c1. The number of carboxylic acid groups (broad SMARTS) is 1. The van der Waals surface area contributed by atoms with Crippen LogP contribution in [0.25, 0.3) is 0 Å². The second-order valence-corrected chi connectivity index (χ2v) is 6.18. The summed E-state index contributed by atoms with van der Waals surface area (Å²) >= 11 is 0. The molecule has 154 valence electrons. The maximum Gasteiger partial charge on any atom is 0.320 e. The number of carbonyl (C=O) groups is 2. The predicted octanol–water partition coefficient (Wildman–Crippen LogP) is 0.903. The van der Waals surface area contributed by atoms with Crippen molar-refractivity contribution in [3.63, 3.8) is 0 Å². The first-order valence-corrected chi connectivity index (χ1v) is 8.74. The highest BCUT2D eigenvalue weighted by Crippen LogP contribution is 2.24. The van der Waals surface area contributed by atoms with Crippen LogP contribution in [-0.4, -0.2) is 43.2 Å². The summed E-state index contributed by atoms with van der Waals surface area (Å²) in [5.41, 5.74) is 13.2. The number of amides is 1. The Bertz CT molecular complexity index is 896. The third kappa shape index (κ3) is 6.22. The first-order chi connectivity index (χ1) is 13.8. The third-order valence-electron chi connectivity index (χ3n) is 4.15. The van der Waals surface area contributed by atoms with E-state index in [0.717, 1.165) is 5.56 Å². The van der Waals surface area contributed by atoms with Gasteiger partial charge in [-0.2, -0.15) is 4.99 Å². The Balaban J connectivity index is 1.99. The number of nitrogens with zero attached hydrogens (tertiary/aromatic N) is 1. The maximum absolute atomic E-state index is 12.2. The van der Waals surface area contributed by atoms with Gasteiger partial charge in [0.1, 0.15) is 17.5 Å². The van der Waals surface area contributed by atoms with E-state index in [4.69, 9.17) is 26.0 Å². The number of hydrogen-bond acceptors (Lipinski definition) is 5. The van der Waals surface area contributed by atoms with Crippen LogP contribution in [0.1, 0.15) is 21.5 Å². The van der Waals surface area contributed by atoms with E-state index in [1.807, 2.05) is 6.07 Å². The quantitative estimate of drug-likeness (QED) is 0.377. The van der Waals surface area contributed by atoms with E-state index in [1.54, 1.807) is 50.6 Å². The summed E-state index contributed by atoms with van der Waals surface area (Å²) in [6.07, 6.45) is 0.167. The van der Waals surface area contributed by atoms with Crippen LogP contribution in [0.5, 0.6) is 11.5 Å². The highest BCUT2D eigenvalue weighted by Gasteiger charge is 2.13. The van der Waals surface area contributed by atoms with E-state index in [9.17, 15) is 9.59 Å². The Morgan fingerprint density at radius 1 is 1.14 bits per heavy atom. The van der Waals surface area contributed by atoms with Crippen molar-refractivity contribution in [2.45, 2.75) is 19.0 Å². The zero-order valence-corrected chi connectivity index (χ0v) is 16.2. The number of nitrogens with one attached hydrogen (secondary N) is 1. The first kappa shape index (κ1) is 21.7. The molecule has 0 fully saturated rings. The van der Waals surface area contributed by atoms with Gasteiger partial charge in [0.15, 0.2) is 5.96 Å². The molecule has 0 aromatic heterocycles. The maximum atomic E-state index is 12.2. The number of aliphatic carboxylic acids is 1. The van der Waals surface area contributed by atoms with Crippen LogP contribution in [0, 0.1) is 0 Å². The first-order valence-electron chi connectivity index (χ1n) is 8.74. The molecule has 0 bridgehead atoms. The Hall–Kier alpha value is -3.59. The Kier molecular flexibility index (Phi) is 7.55. The minimum absolute atomic E-state index is 0.0372. The topological polar surface area (TPSA) is 149 Å². The van der Waals surface area contributed by atoms with Crippen LogP contribution in [0.3, 0.4) is 0 Å². The molecule has 2 aromatic carbocycles. The molecule has 29 heavy (non-hydrogen) atoms. The summed E-state index contributed by atoms with van der Waals surface area (Å²) in [5.74, 6) is -0.362. The van der Waals surface area contributed by atoms with Gasteiger partial charge in [-0.05, 0) is 36.2 Å². The number of methoxy groups -OCH3 is 2. The fourth-order valence-corrected chi connectivity index (χ4v) is 2.52. The van der Waals surface area contributed by atoms with Crippen LogP contribution in [0.4, 0.5) is 0 Å². The highest BCUT2D eigenvalue weighted by molar-refractivity contribution is 6.02. The van der Waals surface area contributed by atoms with E-state index in [0.29, 0.717) is 29.2 Å². The van der Waals surface area contributed by atoms with Gasteiger partial charge in [0.25, 0.3) is 5.91 Å².